The molecule has 1 aliphatic carbocycles. The molecule has 3 unspecified atom stereocenters. The third-order valence-corrected chi connectivity index (χ3v) is 3.84. The van der Waals surface area contributed by atoms with Crippen molar-refractivity contribution < 1.29 is 4.79 Å². The van der Waals surface area contributed by atoms with E-state index in [0.717, 1.165) is 25.2 Å². The highest BCUT2D eigenvalue weighted by Gasteiger charge is 2.24. The van der Waals surface area contributed by atoms with Crippen LogP contribution in [0.15, 0.2) is 0 Å². The van der Waals surface area contributed by atoms with Crippen molar-refractivity contribution in [3.8, 4) is 0 Å². The standard InChI is InChI=1S/C13H26N2O/c1-4-10(3)12(14)13(16)15-11-7-5-6-9(2)8-11/h9-12H,4-8,14H2,1-3H3,(H,15,16)/t9?,10?,11?,12-/m0/s1. The van der Waals surface area contributed by atoms with E-state index in [-0.39, 0.29) is 17.9 Å². The van der Waals surface area contributed by atoms with Gasteiger partial charge in [-0.3, -0.25) is 4.79 Å². The minimum Gasteiger partial charge on any atom is -0.352 e. The summed E-state index contributed by atoms with van der Waals surface area (Å²) in [5.74, 6) is 1.04. The molecule has 3 heteroatoms. The Morgan fingerprint density at radius 2 is 2.19 bits per heavy atom. The van der Waals surface area contributed by atoms with Crippen LogP contribution in [0.3, 0.4) is 0 Å². The summed E-state index contributed by atoms with van der Waals surface area (Å²) in [4.78, 5) is 11.9. The van der Waals surface area contributed by atoms with Crippen LogP contribution >= 0.6 is 0 Å². The molecule has 1 aliphatic rings. The summed E-state index contributed by atoms with van der Waals surface area (Å²) in [6.45, 7) is 6.36. The zero-order valence-corrected chi connectivity index (χ0v) is 10.8. The first kappa shape index (κ1) is 13.5. The van der Waals surface area contributed by atoms with E-state index in [0.29, 0.717) is 6.04 Å². The molecule has 0 bridgehead atoms. The molecule has 0 saturated heterocycles. The maximum atomic E-state index is 11.9. The van der Waals surface area contributed by atoms with Crippen molar-refractivity contribution in [2.45, 2.75) is 65.0 Å². The zero-order valence-electron chi connectivity index (χ0n) is 10.8. The molecule has 0 radical (unpaired) electrons. The molecule has 16 heavy (non-hydrogen) atoms. The van der Waals surface area contributed by atoms with Gasteiger partial charge in [-0.25, -0.2) is 0 Å². The van der Waals surface area contributed by atoms with Gasteiger partial charge in [0.25, 0.3) is 0 Å². The molecule has 0 aromatic rings. The number of carbonyl (C=O) groups is 1. The van der Waals surface area contributed by atoms with Crippen molar-refractivity contribution in [1.82, 2.24) is 5.32 Å². The predicted octanol–water partition coefficient (Wildman–Crippen LogP) is 2.05. The first-order valence-electron chi connectivity index (χ1n) is 6.60. The van der Waals surface area contributed by atoms with E-state index in [1.54, 1.807) is 0 Å². The topological polar surface area (TPSA) is 55.1 Å². The zero-order chi connectivity index (χ0) is 12.1. The minimum absolute atomic E-state index is 0.0356. The summed E-state index contributed by atoms with van der Waals surface area (Å²) >= 11 is 0. The SMILES string of the molecule is CCC(C)[C@H](N)C(=O)NC1CCCC(C)C1. The van der Waals surface area contributed by atoms with Gasteiger partial charge in [-0.15, -0.1) is 0 Å². The predicted molar refractivity (Wildman–Crippen MR) is 67.0 cm³/mol. The van der Waals surface area contributed by atoms with E-state index < -0.39 is 0 Å². The number of nitrogens with two attached hydrogens (primary N) is 1. The Morgan fingerprint density at radius 3 is 2.75 bits per heavy atom. The second-order valence-electron chi connectivity index (χ2n) is 5.39. The molecule has 0 aromatic heterocycles. The van der Waals surface area contributed by atoms with Gasteiger partial charge >= 0.3 is 0 Å². The fourth-order valence-corrected chi connectivity index (χ4v) is 2.37. The van der Waals surface area contributed by atoms with Crippen LogP contribution < -0.4 is 11.1 Å². The van der Waals surface area contributed by atoms with Gasteiger partial charge in [-0.1, -0.05) is 40.0 Å². The van der Waals surface area contributed by atoms with Crippen LogP contribution in [-0.4, -0.2) is 18.0 Å². The molecular formula is C13H26N2O. The molecule has 4 atom stereocenters. The van der Waals surface area contributed by atoms with Gasteiger partial charge in [0.05, 0.1) is 6.04 Å². The van der Waals surface area contributed by atoms with Gasteiger partial charge in [0.1, 0.15) is 0 Å². The second kappa shape index (κ2) is 6.24. The molecule has 0 spiro atoms. The summed E-state index contributed by atoms with van der Waals surface area (Å²) < 4.78 is 0. The average Bonchev–Trinajstić information content (AvgIpc) is 2.27. The molecule has 1 amide bonds. The molecule has 0 aromatic carbocycles. The second-order valence-corrected chi connectivity index (χ2v) is 5.39. The molecule has 1 rings (SSSR count). The summed E-state index contributed by atoms with van der Waals surface area (Å²) in [6, 6.07) is 0.00795. The Labute approximate surface area is 99.2 Å². The van der Waals surface area contributed by atoms with E-state index in [1.165, 1.54) is 12.8 Å². The van der Waals surface area contributed by atoms with Crippen LogP contribution in [0.5, 0.6) is 0 Å². The first-order chi connectivity index (χ1) is 7.54. The number of hydrogen-bond acceptors (Lipinski definition) is 2. The van der Waals surface area contributed by atoms with Crippen molar-refractivity contribution in [3.63, 3.8) is 0 Å². The Hall–Kier alpha value is -0.570. The summed E-state index contributed by atoms with van der Waals surface area (Å²) in [7, 11) is 0. The monoisotopic (exact) mass is 226 g/mol. The molecule has 3 nitrogen and oxygen atoms in total. The van der Waals surface area contributed by atoms with Crippen molar-refractivity contribution >= 4 is 5.91 Å². The highest BCUT2D eigenvalue weighted by Crippen LogP contribution is 2.23. The van der Waals surface area contributed by atoms with Crippen molar-refractivity contribution in [2.24, 2.45) is 17.6 Å². The molecule has 3 N–H and O–H groups in total. The van der Waals surface area contributed by atoms with Gasteiger partial charge in [0, 0.05) is 6.04 Å². The molecule has 0 aliphatic heterocycles. The maximum absolute atomic E-state index is 11.9. The van der Waals surface area contributed by atoms with Crippen LogP contribution in [0.2, 0.25) is 0 Å². The van der Waals surface area contributed by atoms with Crippen LogP contribution in [0, 0.1) is 11.8 Å². The summed E-state index contributed by atoms with van der Waals surface area (Å²) in [6.07, 6.45) is 5.70. The van der Waals surface area contributed by atoms with Crippen LogP contribution in [0.1, 0.15) is 52.9 Å². The lowest BCUT2D eigenvalue weighted by atomic mass is 9.86. The lowest BCUT2D eigenvalue weighted by Crippen LogP contribution is -2.49. The fourth-order valence-electron chi connectivity index (χ4n) is 2.37. The van der Waals surface area contributed by atoms with Crippen LogP contribution in [-0.2, 0) is 4.79 Å². The van der Waals surface area contributed by atoms with Gasteiger partial charge in [0.2, 0.25) is 5.91 Å². The van der Waals surface area contributed by atoms with Gasteiger partial charge < -0.3 is 11.1 Å². The van der Waals surface area contributed by atoms with E-state index in [4.69, 9.17) is 5.73 Å². The smallest absolute Gasteiger partial charge is 0.237 e. The van der Waals surface area contributed by atoms with Gasteiger partial charge in [-0.2, -0.15) is 0 Å². The van der Waals surface area contributed by atoms with Crippen molar-refractivity contribution in [1.29, 1.82) is 0 Å². The molecule has 94 valence electrons. The van der Waals surface area contributed by atoms with Crippen molar-refractivity contribution in [2.75, 3.05) is 0 Å². The van der Waals surface area contributed by atoms with E-state index in [9.17, 15) is 4.79 Å². The number of amides is 1. The molecule has 1 fully saturated rings. The Kier molecular flexibility index (Phi) is 5.26. The summed E-state index contributed by atoms with van der Waals surface area (Å²) in [5.41, 5.74) is 5.91. The van der Waals surface area contributed by atoms with Gasteiger partial charge in [-0.05, 0) is 24.7 Å². The van der Waals surface area contributed by atoms with Crippen LogP contribution in [0.4, 0.5) is 0 Å². The average molecular weight is 226 g/mol. The molecule has 1 saturated carbocycles. The van der Waals surface area contributed by atoms with Gasteiger partial charge in [0.15, 0.2) is 0 Å². The number of carbonyl (C=O) groups excluding carboxylic acids is 1. The van der Waals surface area contributed by atoms with Crippen LogP contribution in [0.25, 0.3) is 0 Å². The Bertz CT molecular complexity index is 230. The quantitative estimate of drug-likeness (QED) is 0.771. The fraction of sp³-hybridized carbons (Fsp3) is 0.923. The highest BCUT2D eigenvalue weighted by molar-refractivity contribution is 5.82. The lowest BCUT2D eigenvalue weighted by Gasteiger charge is -2.29. The number of hydrogen-bond donors (Lipinski definition) is 2. The van der Waals surface area contributed by atoms with Crippen molar-refractivity contribution in [3.05, 3.63) is 0 Å². The number of rotatable bonds is 4. The third-order valence-electron chi connectivity index (χ3n) is 3.84. The largest absolute Gasteiger partial charge is 0.352 e. The van der Waals surface area contributed by atoms with E-state index in [2.05, 4.69) is 19.2 Å². The highest BCUT2D eigenvalue weighted by atomic mass is 16.2. The Morgan fingerprint density at radius 1 is 1.50 bits per heavy atom. The third kappa shape index (κ3) is 3.78. The number of nitrogens with one attached hydrogen (secondary N) is 1. The minimum atomic E-state index is -0.345. The first-order valence-corrected chi connectivity index (χ1v) is 6.60. The molecule has 0 heterocycles. The maximum Gasteiger partial charge on any atom is 0.237 e. The van der Waals surface area contributed by atoms with E-state index in [1.807, 2.05) is 6.92 Å². The Balaban J connectivity index is 2.38. The normalized spacial score (nSPS) is 29.5. The lowest BCUT2D eigenvalue weighted by molar-refractivity contribution is -0.124. The van der Waals surface area contributed by atoms with E-state index >= 15 is 0 Å². The molecular weight excluding hydrogens is 200 g/mol. The summed E-state index contributed by atoms with van der Waals surface area (Å²) in [5, 5.41) is 3.10.